The van der Waals surface area contributed by atoms with Gasteiger partial charge in [-0.3, -0.25) is 4.79 Å². The number of halogens is 8. The molecule has 13 heteroatoms. The second-order valence-electron chi connectivity index (χ2n) is 8.87. The van der Waals surface area contributed by atoms with E-state index in [2.05, 4.69) is 9.97 Å². The van der Waals surface area contributed by atoms with Gasteiger partial charge in [-0.2, -0.15) is 13.2 Å². The van der Waals surface area contributed by atoms with Gasteiger partial charge < -0.3 is 16.0 Å². The van der Waals surface area contributed by atoms with Crippen molar-refractivity contribution in [2.45, 2.75) is 69.0 Å². The van der Waals surface area contributed by atoms with Crippen LogP contribution >= 0.6 is 0 Å². The number of rotatable bonds is 7. The Hall–Kier alpha value is -2.44. The number of fused-ring (bicyclic) bond motifs is 1. The summed E-state index contributed by atoms with van der Waals surface area (Å²) in [5.41, 5.74) is 5.17. The molecular weight excluding hydrogens is 476 g/mol. The molecule has 5 nitrogen and oxygen atoms in total. The lowest BCUT2D eigenvalue weighted by Gasteiger charge is -2.31. The topological polar surface area (TPSA) is 83.8 Å². The first kappa shape index (κ1) is 26.2. The Kier molecular flexibility index (Phi) is 7.16. The molecule has 190 valence electrons. The number of aromatic amines is 1. The normalized spacial score (nSPS) is 19.2. The van der Waals surface area contributed by atoms with E-state index >= 15 is 4.39 Å². The van der Waals surface area contributed by atoms with E-state index in [-0.39, 0.29) is 48.5 Å². The van der Waals surface area contributed by atoms with Crippen molar-refractivity contribution < 1.29 is 39.9 Å². The maximum absolute atomic E-state index is 15.2. The Morgan fingerprint density at radius 3 is 2.41 bits per heavy atom. The lowest BCUT2D eigenvalue weighted by molar-refractivity contribution is -0.148. The molecule has 0 radical (unpaired) electrons. The lowest BCUT2D eigenvalue weighted by atomic mass is 9.82. The zero-order valence-electron chi connectivity index (χ0n) is 18.1. The number of benzene rings is 1. The van der Waals surface area contributed by atoms with E-state index in [0.717, 1.165) is 6.07 Å². The molecule has 1 amide bonds. The predicted molar refractivity (Wildman–Crippen MR) is 107 cm³/mol. The molecule has 34 heavy (non-hydrogen) atoms. The van der Waals surface area contributed by atoms with Crippen LogP contribution in [0.4, 0.5) is 35.1 Å². The summed E-state index contributed by atoms with van der Waals surface area (Å²) in [6.45, 7) is -0.744. The van der Waals surface area contributed by atoms with E-state index in [1.807, 2.05) is 0 Å². The summed E-state index contributed by atoms with van der Waals surface area (Å²) in [6.07, 6.45) is -7.13. The zero-order chi connectivity index (χ0) is 25.5. The van der Waals surface area contributed by atoms with Gasteiger partial charge in [0.1, 0.15) is 11.3 Å². The molecule has 2 atom stereocenters. The van der Waals surface area contributed by atoms with E-state index in [4.69, 9.17) is 5.73 Å². The molecule has 0 bridgehead atoms. The molecule has 1 aliphatic carbocycles. The Morgan fingerprint density at radius 1 is 1.24 bits per heavy atom. The van der Waals surface area contributed by atoms with Gasteiger partial charge in [-0.15, -0.1) is 0 Å². The number of hydrogen-bond donors (Lipinski definition) is 3. The van der Waals surface area contributed by atoms with Gasteiger partial charge in [-0.25, -0.2) is 26.9 Å². The van der Waals surface area contributed by atoms with E-state index in [9.17, 15) is 35.5 Å². The second-order valence-corrected chi connectivity index (χ2v) is 8.87. The van der Waals surface area contributed by atoms with Crippen LogP contribution in [-0.4, -0.2) is 40.4 Å². The first-order chi connectivity index (χ1) is 15.6. The zero-order valence-corrected chi connectivity index (χ0v) is 18.1. The third kappa shape index (κ3) is 6.36. The van der Waals surface area contributed by atoms with Gasteiger partial charge in [0.15, 0.2) is 5.82 Å². The van der Waals surface area contributed by atoms with Crippen molar-refractivity contribution in [1.29, 1.82) is 0 Å². The summed E-state index contributed by atoms with van der Waals surface area (Å²) in [7, 11) is 0. The smallest absolute Gasteiger partial charge is 0.350 e. The fraction of sp³-hybridized carbons (Fsp3) is 0.619. The highest BCUT2D eigenvalue weighted by atomic mass is 19.4. The van der Waals surface area contributed by atoms with Crippen molar-refractivity contribution in [2.75, 3.05) is 6.54 Å². The summed E-state index contributed by atoms with van der Waals surface area (Å²) >= 11 is 0. The average molecular weight is 500 g/mol. The Morgan fingerprint density at radius 2 is 1.85 bits per heavy atom. The minimum absolute atomic E-state index is 0.0729. The van der Waals surface area contributed by atoms with Crippen molar-refractivity contribution in [3.63, 3.8) is 0 Å². The molecule has 0 spiro atoms. The number of imidazole rings is 1. The Labute approximate surface area is 189 Å². The first-order valence-corrected chi connectivity index (χ1v) is 10.6. The monoisotopic (exact) mass is 500 g/mol. The van der Waals surface area contributed by atoms with Gasteiger partial charge in [0.2, 0.25) is 11.8 Å². The molecule has 1 aromatic carbocycles. The van der Waals surface area contributed by atoms with Crippen LogP contribution in [0.15, 0.2) is 12.1 Å². The van der Waals surface area contributed by atoms with Crippen LogP contribution in [-0.2, 0) is 4.79 Å². The Balaban J connectivity index is 1.90. The fourth-order valence-electron chi connectivity index (χ4n) is 4.09. The fourth-order valence-corrected chi connectivity index (χ4v) is 4.09. The summed E-state index contributed by atoms with van der Waals surface area (Å²) in [5, 5.41) is 1.73. The van der Waals surface area contributed by atoms with Crippen LogP contribution in [0.1, 0.15) is 62.4 Å². The molecule has 1 saturated carbocycles. The maximum Gasteiger partial charge on any atom is 0.390 e. The Bertz CT molecular complexity index is 1020. The molecule has 1 aromatic heterocycles. The van der Waals surface area contributed by atoms with Crippen molar-refractivity contribution in [1.82, 2.24) is 15.3 Å². The molecule has 4 N–H and O–H groups in total. The maximum atomic E-state index is 15.2. The van der Waals surface area contributed by atoms with Gasteiger partial charge in [0, 0.05) is 25.3 Å². The second kappa shape index (κ2) is 9.31. The average Bonchev–Trinajstić information content (AvgIpc) is 3.14. The molecule has 1 fully saturated rings. The number of H-pyrrole nitrogens is 1. The van der Waals surface area contributed by atoms with E-state index in [1.54, 1.807) is 5.32 Å². The molecule has 1 heterocycles. The van der Waals surface area contributed by atoms with E-state index < -0.39 is 60.2 Å². The van der Waals surface area contributed by atoms with Gasteiger partial charge in [-0.05, 0) is 24.8 Å². The number of carbonyl (C=O) groups excluding carboxylic acids is 1. The molecule has 0 unspecified atom stereocenters. The van der Waals surface area contributed by atoms with Gasteiger partial charge in [0.25, 0.3) is 5.92 Å². The number of alkyl halides is 7. The summed E-state index contributed by atoms with van der Waals surface area (Å²) in [5.74, 6) is -11.2. The van der Waals surface area contributed by atoms with Crippen LogP contribution in [0, 0.1) is 11.7 Å². The molecule has 2 aromatic rings. The van der Waals surface area contributed by atoms with Gasteiger partial charge >= 0.3 is 6.18 Å². The van der Waals surface area contributed by atoms with E-state index in [1.165, 1.54) is 6.07 Å². The van der Waals surface area contributed by atoms with Crippen LogP contribution in [0.25, 0.3) is 11.0 Å². The van der Waals surface area contributed by atoms with Crippen molar-refractivity contribution >= 4 is 16.9 Å². The summed E-state index contributed by atoms with van der Waals surface area (Å²) in [6, 6.07) is 1.32. The van der Waals surface area contributed by atoms with Crippen LogP contribution in [0.5, 0.6) is 0 Å². The number of carbonyl (C=O) groups is 1. The largest absolute Gasteiger partial charge is 0.390 e. The predicted octanol–water partition coefficient (Wildman–Crippen LogP) is 5.33. The highest BCUT2D eigenvalue weighted by Crippen LogP contribution is 2.41. The number of aromatic nitrogens is 2. The SMILES string of the molecule is CC(F)(F)CNC(=O)[C@@H](CC(F)(F)F)c1ccc2[nH]c([C@@H](N)C3CCC(F)(F)CC3)nc2c1F. The van der Waals surface area contributed by atoms with Crippen LogP contribution in [0.3, 0.4) is 0 Å². The standard InChI is InChI=1S/C21H24F8N4O/c1-19(23,24)9-31-18(34)12(8-21(27,28)29)11-2-3-13-16(14(11)22)33-17(32-13)15(30)10-4-6-20(25,26)7-5-10/h2-3,10,12,15H,4-9,30H2,1H3,(H,31,34)(H,32,33)/t12-,15-/m0/s1. The van der Waals surface area contributed by atoms with Crippen molar-refractivity contribution in [3.8, 4) is 0 Å². The van der Waals surface area contributed by atoms with Crippen LogP contribution < -0.4 is 11.1 Å². The summed E-state index contributed by atoms with van der Waals surface area (Å²) in [4.78, 5) is 19.1. The first-order valence-electron chi connectivity index (χ1n) is 10.6. The molecular formula is C21H24F8N4O. The molecule has 3 rings (SSSR count). The number of hydrogen-bond acceptors (Lipinski definition) is 3. The van der Waals surface area contributed by atoms with Crippen molar-refractivity contribution in [2.24, 2.45) is 11.7 Å². The molecule has 0 saturated heterocycles. The molecule has 1 aliphatic rings. The van der Waals surface area contributed by atoms with E-state index in [0.29, 0.717) is 6.92 Å². The lowest BCUT2D eigenvalue weighted by Crippen LogP contribution is -2.39. The van der Waals surface area contributed by atoms with Gasteiger partial charge in [0.05, 0.1) is 30.4 Å². The quantitative estimate of drug-likeness (QED) is 0.449. The van der Waals surface area contributed by atoms with Crippen molar-refractivity contribution in [3.05, 3.63) is 29.3 Å². The highest BCUT2D eigenvalue weighted by molar-refractivity contribution is 5.86. The molecule has 0 aliphatic heterocycles. The third-order valence-corrected chi connectivity index (χ3v) is 5.93. The number of nitrogens with one attached hydrogen (secondary N) is 2. The van der Waals surface area contributed by atoms with Crippen LogP contribution in [0.2, 0.25) is 0 Å². The third-order valence-electron chi connectivity index (χ3n) is 5.93. The summed E-state index contributed by atoms with van der Waals surface area (Å²) < 4.78 is 108. The minimum atomic E-state index is -4.89. The highest BCUT2D eigenvalue weighted by Gasteiger charge is 2.40. The number of amides is 1. The van der Waals surface area contributed by atoms with Gasteiger partial charge in [-0.1, -0.05) is 6.07 Å². The number of nitrogens with two attached hydrogens (primary N) is 1. The number of nitrogens with zero attached hydrogens (tertiary/aromatic N) is 1. The minimum Gasteiger partial charge on any atom is -0.350 e.